The SMILES string of the molecule is Cc1ccc(-c2cc(C(=O)N3CCn4nc(C(F)(F)F)nc4C3C)cc(C3=NOC(c4ccccn4)C3)c2)c(F)c1. The molecular weight excluding hydrogens is 540 g/mol. The molecule has 0 saturated carbocycles. The van der Waals surface area contributed by atoms with Crippen LogP contribution in [0.4, 0.5) is 17.6 Å². The van der Waals surface area contributed by atoms with E-state index in [1.807, 2.05) is 12.1 Å². The number of hydrogen-bond donors (Lipinski definition) is 0. The van der Waals surface area contributed by atoms with Crippen molar-refractivity contribution < 1.29 is 27.2 Å². The average molecular weight is 565 g/mol. The summed E-state index contributed by atoms with van der Waals surface area (Å²) in [4.78, 5) is 29.0. The Morgan fingerprint density at radius 1 is 1.05 bits per heavy atom. The van der Waals surface area contributed by atoms with Crippen LogP contribution in [0.5, 0.6) is 0 Å². The summed E-state index contributed by atoms with van der Waals surface area (Å²) in [6.45, 7) is 3.56. The van der Waals surface area contributed by atoms with Gasteiger partial charge in [0, 0.05) is 35.9 Å². The monoisotopic (exact) mass is 564 g/mol. The number of carbonyl (C=O) groups excluding carboxylic acids is 1. The topological polar surface area (TPSA) is 85.5 Å². The van der Waals surface area contributed by atoms with E-state index in [2.05, 4.69) is 20.2 Å². The second-order valence-electron chi connectivity index (χ2n) is 10.1. The van der Waals surface area contributed by atoms with Crippen molar-refractivity contribution in [1.29, 1.82) is 0 Å². The molecule has 0 bridgehead atoms. The molecular formula is C29H24F4N6O2. The zero-order valence-corrected chi connectivity index (χ0v) is 22.1. The van der Waals surface area contributed by atoms with Crippen molar-refractivity contribution in [2.75, 3.05) is 6.54 Å². The lowest BCUT2D eigenvalue weighted by molar-refractivity contribution is -0.145. The van der Waals surface area contributed by atoms with Crippen molar-refractivity contribution in [1.82, 2.24) is 24.6 Å². The standard InChI is InChI=1S/C29H24F4N6O2/c1-16-6-7-21(22(30)11-16)18-12-19(24-15-25(41-37-24)23-5-3-4-8-34-23)14-20(13-18)27(40)38-9-10-39-26(17(38)2)35-28(36-39)29(31,32)33/h3-8,11-14,17,25H,9-10,15H2,1-2H3. The first-order valence-corrected chi connectivity index (χ1v) is 13.0. The molecule has 4 heterocycles. The Balaban J connectivity index is 1.37. The normalized spacial score (nSPS) is 18.6. The highest BCUT2D eigenvalue weighted by atomic mass is 19.4. The van der Waals surface area contributed by atoms with Crippen molar-refractivity contribution in [3.8, 4) is 11.1 Å². The minimum Gasteiger partial charge on any atom is -0.385 e. The zero-order valence-electron chi connectivity index (χ0n) is 22.1. The lowest BCUT2D eigenvalue weighted by atomic mass is 9.94. The van der Waals surface area contributed by atoms with Gasteiger partial charge in [-0.05, 0) is 61.4 Å². The van der Waals surface area contributed by atoms with Gasteiger partial charge in [0.25, 0.3) is 11.7 Å². The fourth-order valence-corrected chi connectivity index (χ4v) is 5.13. The highest BCUT2D eigenvalue weighted by Gasteiger charge is 2.40. The Hall–Kier alpha value is -4.61. The third kappa shape index (κ3) is 5.05. The molecule has 6 rings (SSSR count). The lowest BCUT2D eigenvalue weighted by Crippen LogP contribution is -2.41. The Bertz CT molecular complexity index is 1670. The van der Waals surface area contributed by atoms with Crippen molar-refractivity contribution in [3.63, 3.8) is 0 Å². The molecule has 1 amide bonds. The van der Waals surface area contributed by atoms with Gasteiger partial charge in [-0.25, -0.2) is 14.1 Å². The maximum absolute atomic E-state index is 15.1. The van der Waals surface area contributed by atoms with E-state index in [0.29, 0.717) is 34.5 Å². The van der Waals surface area contributed by atoms with E-state index in [9.17, 15) is 18.0 Å². The second kappa shape index (κ2) is 10.1. The molecule has 0 N–H and O–H groups in total. The van der Waals surface area contributed by atoms with E-state index in [-0.39, 0.29) is 24.5 Å². The number of carbonyl (C=O) groups is 1. The molecule has 2 aliphatic rings. The number of rotatable bonds is 4. The molecule has 2 aromatic heterocycles. The number of alkyl halides is 3. The summed E-state index contributed by atoms with van der Waals surface area (Å²) in [6.07, 6.45) is -3.07. The summed E-state index contributed by atoms with van der Waals surface area (Å²) in [5.41, 5.74) is 3.56. The number of halogens is 4. The van der Waals surface area contributed by atoms with E-state index in [4.69, 9.17) is 4.84 Å². The number of oxime groups is 1. The molecule has 0 saturated heterocycles. The molecule has 41 heavy (non-hydrogen) atoms. The van der Waals surface area contributed by atoms with Crippen LogP contribution < -0.4 is 0 Å². The predicted molar refractivity (Wildman–Crippen MR) is 140 cm³/mol. The Kier molecular flexibility index (Phi) is 6.55. The molecule has 8 nitrogen and oxygen atoms in total. The summed E-state index contributed by atoms with van der Waals surface area (Å²) in [7, 11) is 0. The summed E-state index contributed by atoms with van der Waals surface area (Å²) < 4.78 is 56.0. The molecule has 0 radical (unpaired) electrons. The van der Waals surface area contributed by atoms with Crippen LogP contribution in [0.1, 0.15) is 64.3 Å². The maximum atomic E-state index is 15.1. The fraction of sp³-hybridized carbons (Fsp3) is 0.276. The Morgan fingerprint density at radius 2 is 1.85 bits per heavy atom. The third-order valence-corrected chi connectivity index (χ3v) is 7.24. The number of amides is 1. The molecule has 2 aromatic carbocycles. The highest BCUT2D eigenvalue weighted by molar-refractivity contribution is 6.05. The van der Waals surface area contributed by atoms with Gasteiger partial charge in [-0.3, -0.25) is 9.78 Å². The number of nitrogens with zero attached hydrogens (tertiary/aromatic N) is 6. The summed E-state index contributed by atoms with van der Waals surface area (Å²) in [6, 6.07) is 14.5. The van der Waals surface area contributed by atoms with Crippen molar-refractivity contribution in [2.24, 2.45) is 5.16 Å². The number of aromatic nitrogens is 4. The predicted octanol–water partition coefficient (Wildman–Crippen LogP) is 5.89. The molecule has 2 aliphatic heterocycles. The number of pyridine rings is 1. The van der Waals surface area contributed by atoms with Crippen molar-refractivity contribution in [3.05, 3.63) is 101 Å². The fourth-order valence-electron chi connectivity index (χ4n) is 5.13. The molecule has 4 aromatic rings. The Morgan fingerprint density at radius 3 is 2.59 bits per heavy atom. The third-order valence-electron chi connectivity index (χ3n) is 7.24. The summed E-state index contributed by atoms with van der Waals surface area (Å²) in [5.74, 6) is -2.08. The minimum absolute atomic E-state index is 0.0460. The van der Waals surface area contributed by atoms with Gasteiger partial charge in [0.1, 0.15) is 11.6 Å². The van der Waals surface area contributed by atoms with Gasteiger partial charge < -0.3 is 9.74 Å². The lowest BCUT2D eigenvalue weighted by Gasteiger charge is -2.33. The van der Waals surface area contributed by atoms with E-state index in [0.717, 1.165) is 5.56 Å². The van der Waals surface area contributed by atoms with Crippen molar-refractivity contribution >= 4 is 11.6 Å². The molecule has 210 valence electrons. The van der Waals surface area contributed by atoms with E-state index >= 15 is 4.39 Å². The van der Waals surface area contributed by atoms with Crippen LogP contribution in [-0.2, 0) is 17.6 Å². The first-order chi connectivity index (χ1) is 19.6. The number of fused-ring (bicyclic) bond motifs is 1. The van der Waals surface area contributed by atoms with Crippen LogP contribution in [0.15, 0.2) is 65.9 Å². The van der Waals surface area contributed by atoms with Gasteiger partial charge in [0.05, 0.1) is 24.0 Å². The molecule has 2 atom stereocenters. The van der Waals surface area contributed by atoms with Crippen LogP contribution in [0, 0.1) is 12.7 Å². The highest BCUT2D eigenvalue weighted by Crippen LogP contribution is 2.34. The van der Waals surface area contributed by atoms with Crippen LogP contribution in [0.2, 0.25) is 0 Å². The minimum atomic E-state index is -4.70. The molecule has 12 heteroatoms. The van der Waals surface area contributed by atoms with Gasteiger partial charge in [0.15, 0.2) is 6.10 Å². The number of aryl methyl sites for hydroxylation is 1. The van der Waals surface area contributed by atoms with Gasteiger partial charge in [-0.2, -0.15) is 13.2 Å². The molecule has 2 unspecified atom stereocenters. The molecule has 0 aliphatic carbocycles. The van der Waals surface area contributed by atoms with Crippen molar-refractivity contribution in [2.45, 2.75) is 45.1 Å². The van der Waals surface area contributed by atoms with Crippen LogP contribution >= 0.6 is 0 Å². The molecule has 0 fully saturated rings. The van der Waals surface area contributed by atoms with Gasteiger partial charge in [0.2, 0.25) is 0 Å². The van der Waals surface area contributed by atoms with E-state index in [1.165, 1.54) is 15.6 Å². The van der Waals surface area contributed by atoms with Crippen LogP contribution in [0.25, 0.3) is 11.1 Å². The quantitative estimate of drug-likeness (QED) is 0.289. The first-order valence-electron chi connectivity index (χ1n) is 13.0. The molecule has 0 spiro atoms. The first kappa shape index (κ1) is 26.6. The largest absolute Gasteiger partial charge is 0.453 e. The van der Waals surface area contributed by atoms with E-state index in [1.54, 1.807) is 56.4 Å². The number of hydrogen-bond acceptors (Lipinski definition) is 6. The average Bonchev–Trinajstić information content (AvgIpc) is 3.62. The van der Waals surface area contributed by atoms with E-state index < -0.39 is 35.9 Å². The van der Waals surface area contributed by atoms with Gasteiger partial charge >= 0.3 is 6.18 Å². The smallest absolute Gasteiger partial charge is 0.385 e. The maximum Gasteiger partial charge on any atom is 0.453 e. The van der Waals surface area contributed by atoms with Crippen LogP contribution in [-0.4, -0.2) is 42.8 Å². The second-order valence-corrected chi connectivity index (χ2v) is 10.1. The summed E-state index contributed by atoms with van der Waals surface area (Å²) >= 11 is 0. The van der Waals surface area contributed by atoms with Gasteiger partial charge in [-0.15, -0.1) is 5.10 Å². The van der Waals surface area contributed by atoms with Crippen LogP contribution in [0.3, 0.4) is 0 Å². The number of benzene rings is 2. The van der Waals surface area contributed by atoms with Gasteiger partial charge in [-0.1, -0.05) is 23.4 Å². The zero-order chi connectivity index (χ0) is 28.9. The Labute approximate surface area is 232 Å². The summed E-state index contributed by atoms with van der Waals surface area (Å²) in [5, 5.41) is 7.82.